The van der Waals surface area contributed by atoms with Gasteiger partial charge in [-0.1, -0.05) is 6.07 Å². The van der Waals surface area contributed by atoms with Crippen molar-refractivity contribution in [2.24, 2.45) is 0 Å². The molecule has 0 aromatic carbocycles. The van der Waals surface area contributed by atoms with Crippen LogP contribution in [0.3, 0.4) is 0 Å². The summed E-state index contributed by atoms with van der Waals surface area (Å²) in [6, 6.07) is 8.44. The van der Waals surface area contributed by atoms with Crippen LogP contribution in [-0.4, -0.2) is 83.9 Å². The molecule has 0 aliphatic carbocycles. The average Bonchev–Trinajstić information content (AvgIpc) is 3.68. The standard InChI is InChI=1S/C23H25N7O4S/c31-10-15-19(32)20(33)23(34-15)30-12-27-18-21(25-11-26-22(18)30)28-14-5-6-29(9-14)17-4-3-13(8-24-17)16-2-1-7-35-16/h1-4,7-8,11-12,14-15,19-20,23,31-33H,5-6,9-10H2,(H,25,26,28)/t14?,15-,19-,20-,23-/m1/s1. The Morgan fingerprint density at radius 2 is 2.03 bits per heavy atom. The molecule has 4 N–H and O–H groups in total. The number of ether oxygens (including phenoxy) is 1. The summed E-state index contributed by atoms with van der Waals surface area (Å²) in [6.07, 6.45) is 1.59. The minimum atomic E-state index is -1.21. The Morgan fingerprint density at radius 3 is 2.77 bits per heavy atom. The molecule has 0 spiro atoms. The lowest BCUT2D eigenvalue weighted by atomic mass is 10.1. The zero-order valence-electron chi connectivity index (χ0n) is 18.7. The molecule has 5 atom stereocenters. The minimum absolute atomic E-state index is 0.144. The smallest absolute Gasteiger partial charge is 0.167 e. The van der Waals surface area contributed by atoms with Crippen molar-refractivity contribution in [3.8, 4) is 10.4 Å². The summed E-state index contributed by atoms with van der Waals surface area (Å²) in [5.74, 6) is 1.53. The lowest BCUT2D eigenvalue weighted by Gasteiger charge is -2.19. The number of imidazole rings is 1. The number of thiophene rings is 1. The number of nitrogens with zero attached hydrogens (tertiary/aromatic N) is 6. The maximum Gasteiger partial charge on any atom is 0.167 e. The molecule has 2 aliphatic rings. The number of hydrogen-bond acceptors (Lipinski definition) is 11. The van der Waals surface area contributed by atoms with Gasteiger partial charge in [0, 0.05) is 35.8 Å². The van der Waals surface area contributed by atoms with Crippen LogP contribution in [0.1, 0.15) is 12.6 Å². The molecule has 2 saturated heterocycles. The SMILES string of the molecule is OC[C@H]1O[C@@H](n2cnc3c(NC4CCN(c5ccc(-c6cccs6)cn5)C4)ncnc32)[C@H](O)[C@@H]1O. The van der Waals surface area contributed by atoms with E-state index in [1.807, 2.05) is 12.3 Å². The fourth-order valence-electron chi connectivity index (χ4n) is 4.69. The van der Waals surface area contributed by atoms with Crippen molar-refractivity contribution in [3.05, 3.63) is 48.5 Å². The zero-order valence-corrected chi connectivity index (χ0v) is 19.5. The number of hydrogen-bond donors (Lipinski definition) is 4. The maximum absolute atomic E-state index is 10.4. The van der Waals surface area contributed by atoms with Crippen molar-refractivity contribution in [1.82, 2.24) is 24.5 Å². The summed E-state index contributed by atoms with van der Waals surface area (Å²) >= 11 is 1.70. The molecule has 0 radical (unpaired) electrons. The third kappa shape index (κ3) is 4.02. The minimum Gasteiger partial charge on any atom is -0.394 e. The van der Waals surface area contributed by atoms with Crippen molar-refractivity contribution < 1.29 is 20.1 Å². The Balaban J connectivity index is 1.17. The molecule has 2 aliphatic heterocycles. The summed E-state index contributed by atoms with van der Waals surface area (Å²) in [6.45, 7) is 1.24. The quantitative estimate of drug-likeness (QED) is 0.309. The molecule has 0 saturated carbocycles. The summed E-state index contributed by atoms with van der Waals surface area (Å²) < 4.78 is 7.20. The van der Waals surface area contributed by atoms with E-state index in [0.29, 0.717) is 17.0 Å². The predicted octanol–water partition coefficient (Wildman–Crippen LogP) is 1.25. The molecule has 0 amide bonds. The summed E-state index contributed by atoms with van der Waals surface area (Å²) in [5.41, 5.74) is 2.13. The fourth-order valence-corrected chi connectivity index (χ4v) is 5.41. The van der Waals surface area contributed by atoms with E-state index in [9.17, 15) is 15.3 Å². The van der Waals surface area contributed by atoms with Crippen molar-refractivity contribution in [1.29, 1.82) is 0 Å². The number of pyridine rings is 1. The third-order valence-electron chi connectivity index (χ3n) is 6.56. The third-order valence-corrected chi connectivity index (χ3v) is 7.48. The highest BCUT2D eigenvalue weighted by molar-refractivity contribution is 7.13. The van der Waals surface area contributed by atoms with E-state index in [0.717, 1.165) is 30.9 Å². The Hall–Kier alpha value is -3.16. The molecular weight excluding hydrogens is 470 g/mol. The van der Waals surface area contributed by atoms with Gasteiger partial charge in [-0.2, -0.15) is 0 Å². The molecule has 35 heavy (non-hydrogen) atoms. The first kappa shape index (κ1) is 22.3. The highest BCUT2D eigenvalue weighted by Gasteiger charge is 2.44. The van der Waals surface area contributed by atoms with E-state index in [4.69, 9.17) is 4.74 Å². The second kappa shape index (κ2) is 9.13. The second-order valence-corrected chi connectivity index (χ2v) is 9.68. The highest BCUT2D eigenvalue weighted by atomic mass is 32.1. The lowest BCUT2D eigenvalue weighted by Crippen LogP contribution is -2.33. The predicted molar refractivity (Wildman–Crippen MR) is 130 cm³/mol. The van der Waals surface area contributed by atoms with Crippen LogP contribution in [0, 0.1) is 0 Å². The van der Waals surface area contributed by atoms with Gasteiger partial charge in [0.15, 0.2) is 23.2 Å². The van der Waals surface area contributed by atoms with Crippen LogP contribution in [0.15, 0.2) is 48.5 Å². The second-order valence-electron chi connectivity index (χ2n) is 8.73. The van der Waals surface area contributed by atoms with Gasteiger partial charge in [0.05, 0.1) is 12.9 Å². The van der Waals surface area contributed by atoms with Gasteiger partial charge >= 0.3 is 0 Å². The fraction of sp³-hybridized carbons (Fsp3) is 0.391. The number of aliphatic hydroxyl groups excluding tert-OH is 3. The van der Waals surface area contributed by atoms with Crippen molar-refractivity contribution in [3.63, 3.8) is 0 Å². The first-order chi connectivity index (χ1) is 17.1. The summed E-state index contributed by atoms with van der Waals surface area (Å²) in [4.78, 5) is 21.3. The Labute approximate surface area is 204 Å². The molecule has 182 valence electrons. The molecule has 0 bridgehead atoms. The molecule has 6 rings (SSSR count). The molecule has 4 aromatic rings. The van der Waals surface area contributed by atoms with Gasteiger partial charge in [-0.15, -0.1) is 11.3 Å². The number of nitrogens with one attached hydrogen (secondary N) is 1. The van der Waals surface area contributed by atoms with E-state index >= 15 is 0 Å². The monoisotopic (exact) mass is 495 g/mol. The first-order valence-corrected chi connectivity index (χ1v) is 12.3. The Kier molecular flexibility index (Phi) is 5.82. The van der Waals surface area contributed by atoms with Gasteiger partial charge in [-0.25, -0.2) is 19.9 Å². The number of aromatic nitrogens is 5. The van der Waals surface area contributed by atoms with Gasteiger partial charge in [0.25, 0.3) is 0 Å². The van der Waals surface area contributed by atoms with E-state index in [1.54, 1.807) is 15.9 Å². The van der Waals surface area contributed by atoms with Crippen molar-refractivity contribution >= 4 is 34.1 Å². The Morgan fingerprint density at radius 1 is 1.11 bits per heavy atom. The van der Waals surface area contributed by atoms with Gasteiger partial charge < -0.3 is 30.3 Å². The first-order valence-electron chi connectivity index (χ1n) is 11.4. The topological polar surface area (TPSA) is 142 Å². The summed E-state index contributed by atoms with van der Waals surface area (Å²) in [7, 11) is 0. The van der Waals surface area contributed by atoms with Crippen LogP contribution in [-0.2, 0) is 4.74 Å². The van der Waals surface area contributed by atoms with Gasteiger partial charge in [-0.3, -0.25) is 4.57 Å². The number of fused-ring (bicyclic) bond motifs is 1. The van der Waals surface area contributed by atoms with Crippen LogP contribution >= 0.6 is 11.3 Å². The van der Waals surface area contributed by atoms with E-state index in [2.05, 4.69) is 53.7 Å². The molecule has 2 fully saturated rings. The van der Waals surface area contributed by atoms with Crippen LogP contribution < -0.4 is 10.2 Å². The molecule has 6 heterocycles. The molecule has 4 aromatic heterocycles. The van der Waals surface area contributed by atoms with Crippen LogP contribution in [0.5, 0.6) is 0 Å². The van der Waals surface area contributed by atoms with Gasteiger partial charge in [0.2, 0.25) is 0 Å². The largest absolute Gasteiger partial charge is 0.394 e. The highest BCUT2D eigenvalue weighted by Crippen LogP contribution is 2.32. The molecule has 1 unspecified atom stereocenters. The average molecular weight is 496 g/mol. The van der Waals surface area contributed by atoms with Gasteiger partial charge in [0.1, 0.15) is 30.5 Å². The molecular formula is C23H25N7O4S. The summed E-state index contributed by atoms with van der Waals surface area (Å²) in [5, 5.41) is 35.4. The van der Waals surface area contributed by atoms with Crippen molar-refractivity contribution in [2.45, 2.75) is 37.0 Å². The van der Waals surface area contributed by atoms with Crippen LogP contribution in [0.2, 0.25) is 0 Å². The van der Waals surface area contributed by atoms with Crippen LogP contribution in [0.25, 0.3) is 21.6 Å². The Bertz CT molecular complexity index is 1300. The zero-order chi connectivity index (χ0) is 23.9. The number of anilines is 2. The molecule has 11 nitrogen and oxygen atoms in total. The number of aliphatic hydroxyl groups is 3. The lowest BCUT2D eigenvalue weighted by molar-refractivity contribution is -0.0511. The molecule has 12 heteroatoms. The van der Waals surface area contributed by atoms with Crippen molar-refractivity contribution in [2.75, 3.05) is 29.9 Å². The van der Waals surface area contributed by atoms with E-state index < -0.39 is 31.1 Å². The van der Waals surface area contributed by atoms with E-state index in [1.165, 1.54) is 17.5 Å². The number of rotatable bonds is 6. The van der Waals surface area contributed by atoms with E-state index in [-0.39, 0.29) is 6.04 Å². The normalized spacial score (nSPS) is 26.6. The maximum atomic E-state index is 10.4. The van der Waals surface area contributed by atoms with Crippen LogP contribution in [0.4, 0.5) is 11.6 Å². The van der Waals surface area contributed by atoms with Gasteiger partial charge in [-0.05, 0) is 30.0 Å².